The Balaban J connectivity index is 1.61. The van der Waals surface area contributed by atoms with E-state index in [0.29, 0.717) is 43.1 Å². The molecule has 0 aromatic heterocycles. The van der Waals surface area contributed by atoms with Crippen LogP contribution in [0.15, 0.2) is 59.8 Å². The Labute approximate surface area is 188 Å². The van der Waals surface area contributed by atoms with Crippen LogP contribution in [0.25, 0.3) is 0 Å². The van der Waals surface area contributed by atoms with Crippen LogP contribution in [0.4, 0.5) is 24.5 Å². The number of anilines is 2. The van der Waals surface area contributed by atoms with E-state index in [1.165, 1.54) is 12.1 Å². The molecule has 1 aliphatic rings. The van der Waals surface area contributed by atoms with Crippen LogP contribution in [0.2, 0.25) is 0 Å². The molecule has 1 amide bonds. The summed E-state index contributed by atoms with van der Waals surface area (Å²) in [5, 5.41) is 29.5. The van der Waals surface area contributed by atoms with Gasteiger partial charge < -0.3 is 15.1 Å². The topological polar surface area (TPSA) is 107 Å². The van der Waals surface area contributed by atoms with E-state index < -0.39 is 11.7 Å². The molecule has 0 atom stereocenters. The van der Waals surface area contributed by atoms with E-state index in [-0.39, 0.29) is 17.2 Å². The fourth-order valence-electron chi connectivity index (χ4n) is 3.34. The zero-order valence-electron chi connectivity index (χ0n) is 17.2. The molecule has 166 valence electrons. The molecule has 10 heteroatoms. The third kappa shape index (κ3) is 5.41. The molecule has 0 bridgehead atoms. The van der Waals surface area contributed by atoms with Crippen LogP contribution in [0.1, 0.15) is 15.9 Å². The molecule has 0 spiro atoms. The molecule has 1 aliphatic heterocycles. The quantitative estimate of drug-likeness (QED) is 0.708. The van der Waals surface area contributed by atoms with Gasteiger partial charge >= 0.3 is 6.18 Å². The van der Waals surface area contributed by atoms with Crippen molar-refractivity contribution < 1.29 is 18.0 Å². The number of benzene rings is 2. The Kier molecular flexibility index (Phi) is 6.85. The van der Waals surface area contributed by atoms with Gasteiger partial charge in [-0.2, -0.15) is 29.0 Å². The summed E-state index contributed by atoms with van der Waals surface area (Å²) in [6.45, 7) is 1.79. The summed E-state index contributed by atoms with van der Waals surface area (Å²) < 4.78 is 38.2. The van der Waals surface area contributed by atoms with Gasteiger partial charge in [0.05, 0.1) is 5.56 Å². The molecule has 2 aromatic carbocycles. The summed E-state index contributed by atoms with van der Waals surface area (Å²) in [4.78, 5) is 16.4. The van der Waals surface area contributed by atoms with Crippen molar-refractivity contribution in [1.29, 1.82) is 15.8 Å². The molecule has 1 heterocycles. The van der Waals surface area contributed by atoms with Gasteiger partial charge in [0, 0.05) is 43.1 Å². The minimum absolute atomic E-state index is 0.182. The highest BCUT2D eigenvalue weighted by Crippen LogP contribution is 2.30. The second kappa shape index (κ2) is 9.76. The number of nitriles is 3. The lowest BCUT2D eigenvalue weighted by atomic mass is 10.1. The van der Waals surface area contributed by atoms with Gasteiger partial charge in [-0.3, -0.25) is 4.79 Å². The number of alkyl halides is 3. The van der Waals surface area contributed by atoms with E-state index in [9.17, 15) is 18.0 Å². The molecule has 1 N–H and O–H groups in total. The number of piperazine rings is 1. The summed E-state index contributed by atoms with van der Waals surface area (Å²) in [5.74, 6) is -0.195. The van der Waals surface area contributed by atoms with Gasteiger partial charge in [-0.1, -0.05) is 0 Å². The number of hydrogen-bond donors (Lipinski definition) is 1. The molecule has 1 fully saturated rings. The van der Waals surface area contributed by atoms with Gasteiger partial charge in [-0.15, -0.1) is 0 Å². The molecule has 7 nitrogen and oxygen atoms in total. The van der Waals surface area contributed by atoms with Gasteiger partial charge in [0.1, 0.15) is 23.9 Å². The Bertz CT molecular complexity index is 1160. The summed E-state index contributed by atoms with van der Waals surface area (Å²) in [6, 6.07) is 16.3. The fourth-order valence-corrected chi connectivity index (χ4v) is 3.34. The fraction of sp³-hybridized carbons (Fsp3) is 0.217. The number of halogens is 3. The van der Waals surface area contributed by atoms with Crippen molar-refractivity contribution in [3.8, 4) is 18.2 Å². The standard InChI is InChI=1S/C23H17F3N6O/c24-23(25,26)18-3-7-20(8-4-18)31-9-11-32(12-10-31)22(33)16-1-5-19(6-2-16)30-21(15-29)17(13-27)14-28/h1-8,30H,9-12H2. The van der Waals surface area contributed by atoms with Gasteiger partial charge in [-0.25, -0.2) is 0 Å². The van der Waals surface area contributed by atoms with Crippen molar-refractivity contribution in [2.24, 2.45) is 0 Å². The van der Waals surface area contributed by atoms with E-state index in [1.54, 1.807) is 47.4 Å². The van der Waals surface area contributed by atoms with Crippen molar-refractivity contribution in [3.05, 3.63) is 70.9 Å². The van der Waals surface area contributed by atoms with Crippen LogP contribution in [0, 0.1) is 34.0 Å². The highest BCUT2D eigenvalue weighted by Gasteiger charge is 2.30. The minimum atomic E-state index is -4.38. The van der Waals surface area contributed by atoms with Crippen molar-refractivity contribution >= 4 is 17.3 Å². The summed E-state index contributed by atoms with van der Waals surface area (Å²) in [5.41, 5.74) is 0.305. The van der Waals surface area contributed by atoms with E-state index in [1.807, 2.05) is 4.90 Å². The lowest BCUT2D eigenvalue weighted by Crippen LogP contribution is -2.48. The third-order valence-corrected chi connectivity index (χ3v) is 5.11. The first kappa shape index (κ1) is 23.2. The Morgan fingerprint density at radius 3 is 1.91 bits per heavy atom. The van der Waals surface area contributed by atoms with E-state index in [4.69, 9.17) is 15.8 Å². The molecule has 3 rings (SSSR count). The number of nitrogens with one attached hydrogen (secondary N) is 1. The Morgan fingerprint density at radius 1 is 0.848 bits per heavy atom. The average molecular weight is 450 g/mol. The van der Waals surface area contributed by atoms with Gasteiger partial charge in [-0.05, 0) is 48.5 Å². The van der Waals surface area contributed by atoms with Crippen molar-refractivity contribution in [2.75, 3.05) is 36.4 Å². The van der Waals surface area contributed by atoms with E-state index in [0.717, 1.165) is 12.1 Å². The maximum Gasteiger partial charge on any atom is 0.416 e. The number of hydrogen-bond acceptors (Lipinski definition) is 6. The van der Waals surface area contributed by atoms with Crippen molar-refractivity contribution in [3.63, 3.8) is 0 Å². The highest BCUT2D eigenvalue weighted by molar-refractivity contribution is 5.94. The summed E-state index contributed by atoms with van der Waals surface area (Å²) in [6.07, 6.45) is -4.38. The van der Waals surface area contributed by atoms with Crippen LogP contribution in [0.3, 0.4) is 0 Å². The molecule has 0 unspecified atom stereocenters. The average Bonchev–Trinajstić information content (AvgIpc) is 2.83. The molecular formula is C23H17F3N6O. The predicted octanol–water partition coefficient (Wildman–Crippen LogP) is 3.90. The number of nitrogens with zero attached hydrogens (tertiary/aromatic N) is 5. The lowest BCUT2D eigenvalue weighted by Gasteiger charge is -2.36. The maximum atomic E-state index is 12.8. The molecule has 0 aliphatic carbocycles. The largest absolute Gasteiger partial charge is 0.416 e. The molecular weight excluding hydrogens is 433 g/mol. The first-order chi connectivity index (χ1) is 15.8. The third-order valence-electron chi connectivity index (χ3n) is 5.11. The zero-order valence-corrected chi connectivity index (χ0v) is 17.2. The second-order valence-corrected chi connectivity index (χ2v) is 7.11. The van der Waals surface area contributed by atoms with Crippen LogP contribution < -0.4 is 10.2 Å². The van der Waals surface area contributed by atoms with Crippen molar-refractivity contribution in [1.82, 2.24) is 4.90 Å². The van der Waals surface area contributed by atoms with Gasteiger partial charge in [0.15, 0.2) is 5.57 Å². The molecule has 0 saturated carbocycles. The van der Waals surface area contributed by atoms with Crippen LogP contribution in [-0.4, -0.2) is 37.0 Å². The second-order valence-electron chi connectivity index (χ2n) is 7.11. The first-order valence-electron chi connectivity index (χ1n) is 9.80. The normalized spacial score (nSPS) is 13.3. The van der Waals surface area contributed by atoms with Crippen molar-refractivity contribution in [2.45, 2.75) is 6.18 Å². The first-order valence-corrected chi connectivity index (χ1v) is 9.80. The van der Waals surface area contributed by atoms with E-state index in [2.05, 4.69) is 5.32 Å². The number of carbonyl (C=O) groups excluding carboxylic acids is 1. The number of carbonyl (C=O) groups is 1. The molecule has 33 heavy (non-hydrogen) atoms. The van der Waals surface area contributed by atoms with Gasteiger partial charge in [0.25, 0.3) is 5.91 Å². The smallest absolute Gasteiger partial charge is 0.368 e. The van der Waals surface area contributed by atoms with Crippen LogP contribution >= 0.6 is 0 Å². The minimum Gasteiger partial charge on any atom is -0.368 e. The van der Waals surface area contributed by atoms with Gasteiger partial charge in [0.2, 0.25) is 0 Å². The summed E-state index contributed by atoms with van der Waals surface area (Å²) >= 11 is 0. The van der Waals surface area contributed by atoms with Crippen LogP contribution in [0.5, 0.6) is 0 Å². The highest BCUT2D eigenvalue weighted by atomic mass is 19.4. The number of allylic oxidation sites excluding steroid dienone is 2. The molecule has 0 radical (unpaired) electrons. The monoisotopic (exact) mass is 450 g/mol. The zero-order chi connectivity index (χ0) is 24.0. The van der Waals surface area contributed by atoms with Crippen LogP contribution in [-0.2, 0) is 6.18 Å². The Hall–Kier alpha value is -4.49. The SMILES string of the molecule is N#CC(C#N)=C(C#N)Nc1ccc(C(=O)N2CCN(c3ccc(C(F)(F)F)cc3)CC2)cc1. The molecule has 2 aromatic rings. The Morgan fingerprint density at radius 2 is 1.42 bits per heavy atom. The molecule has 1 saturated heterocycles. The maximum absolute atomic E-state index is 12.8. The number of amides is 1. The predicted molar refractivity (Wildman–Crippen MR) is 113 cm³/mol. The number of rotatable bonds is 4. The lowest BCUT2D eigenvalue weighted by molar-refractivity contribution is -0.137. The van der Waals surface area contributed by atoms with E-state index >= 15 is 0 Å². The summed E-state index contributed by atoms with van der Waals surface area (Å²) in [7, 11) is 0.